The van der Waals surface area contributed by atoms with Gasteiger partial charge in [0.25, 0.3) is 0 Å². The van der Waals surface area contributed by atoms with Crippen molar-refractivity contribution in [2.75, 3.05) is 0 Å². The zero-order chi connectivity index (χ0) is 41.9. The van der Waals surface area contributed by atoms with E-state index in [2.05, 4.69) is 249 Å². The molecule has 4 nitrogen and oxygen atoms in total. The van der Waals surface area contributed by atoms with Crippen LogP contribution in [0.15, 0.2) is 231 Å². The third kappa shape index (κ3) is 4.88. The molecule has 0 spiro atoms. The van der Waals surface area contributed by atoms with Crippen LogP contribution in [0.3, 0.4) is 0 Å². The van der Waals surface area contributed by atoms with Gasteiger partial charge in [0, 0.05) is 65.8 Å². The predicted molar refractivity (Wildman–Crippen MR) is 269 cm³/mol. The molecule has 14 aromatic rings. The molecule has 0 bridgehead atoms. The van der Waals surface area contributed by atoms with Crippen molar-refractivity contribution in [3.8, 4) is 33.9 Å². The maximum Gasteiger partial charge on any atom is 0.0788 e. The van der Waals surface area contributed by atoms with Crippen LogP contribution in [0.1, 0.15) is 0 Å². The van der Waals surface area contributed by atoms with Crippen LogP contribution >= 0.6 is 0 Å². The lowest BCUT2D eigenvalue weighted by Gasteiger charge is -2.14. The van der Waals surface area contributed by atoms with E-state index >= 15 is 0 Å². The van der Waals surface area contributed by atoms with E-state index < -0.39 is 0 Å². The third-order valence-corrected chi connectivity index (χ3v) is 13.5. The van der Waals surface area contributed by atoms with E-state index in [0.717, 1.165) is 22.7 Å². The summed E-state index contributed by atoms with van der Waals surface area (Å²) >= 11 is 0. The molecule has 0 amide bonds. The minimum Gasteiger partial charge on any atom is -0.309 e. The minimum atomic E-state index is 1.12. The summed E-state index contributed by atoms with van der Waals surface area (Å²) in [7, 11) is 0. The van der Waals surface area contributed by atoms with E-state index in [1.54, 1.807) is 0 Å². The predicted octanol–water partition coefficient (Wildman–Crippen LogP) is 15.7. The highest BCUT2D eigenvalue weighted by Gasteiger charge is 2.23. The summed E-state index contributed by atoms with van der Waals surface area (Å²) in [4.78, 5) is 0. The highest BCUT2D eigenvalue weighted by atomic mass is 15.1. The van der Waals surface area contributed by atoms with Crippen LogP contribution < -0.4 is 0 Å². The lowest BCUT2D eigenvalue weighted by molar-refractivity contribution is 1.13. The second-order valence-corrected chi connectivity index (χ2v) is 16.9. The quantitative estimate of drug-likeness (QED) is 0.165. The second-order valence-electron chi connectivity index (χ2n) is 16.9. The van der Waals surface area contributed by atoms with E-state index in [1.807, 2.05) is 0 Å². The average Bonchev–Trinajstić information content (AvgIpc) is 4.10. The van der Waals surface area contributed by atoms with Crippen molar-refractivity contribution < 1.29 is 0 Å². The summed E-state index contributed by atoms with van der Waals surface area (Å²) in [5.74, 6) is 0. The molecule has 0 saturated carbocycles. The number of aromatic nitrogens is 4. The topological polar surface area (TPSA) is 19.7 Å². The molecule has 0 aliphatic rings. The monoisotopic (exact) mass is 814 g/mol. The summed E-state index contributed by atoms with van der Waals surface area (Å²) in [6.45, 7) is 0. The van der Waals surface area contributed by atoms with Crippen LogP contribution in [0.5, 0.6) is 0 Å². The fourth-order valence-corrected chi connectivity index (χ4v) is 10.9. The summed E-state index contributed by atoms with van der Waals surface area (Å²) < 4.78 is 9.87. The van der Waals surface area contributed by atoms with Crippen molar-refractivity contribution >= 4 is 87.2 Å². The first-order valence-electron chi connectivity index (χ1n) is 22.0. The molecule has 0 aliphatic carbocycles. The molecular weight excluding hydrogens is 777 g/mol. The van der Waals surface area contributed by atoms with Gasteiger partial charge in [-0.05, 0) is 90.0 Å². The van der Waals surface area contributed by atoms with Crippen LogP contribution in [0.25, 0.3) is 121 Å². The first-order valence-corrected chi connectivity index (χ1v) is 22.0. The van der Waals surface area contributed by atoms with E-state index in [-0.39, 0.29) is 0 Å². The molecule has 0 radical (unpaired) electrons. The van der Waals surface area contributed by atoms with E-state index in [0.29, 0.717) is 0 Å². The maximum absolute atomic E-state index is 2.48. The van der Waals surface area contributed by atoms with Gasteiger partial charge in [-0.25, -0.2) is 0 Å². The van der Waals surface area contributed by atoms with Gasteiger partial charge in [0.15, 0.2) is 0 Å². The molecular formula is C60H38N4. The van der Waals surface area contributed by atoms with E-state index in [4.69, 9.17) is 0 Å². The fraction of sp³-hybridized carbons (Fsp3) is 0. The van der Waals surface area contributed by atoms with Crippen molar-refractivity contribution in [3.63, 3.8) is 0 Å². The molecule has 298 valence electrons. The molecule has 14 rings (SSSR count). The molecule has 0 aliphatic heterocycles. The minimum absolute atomic E-state index is 1.12. The number of hydrogen-bond donors (Lipinski definition) is 0. The molecule has 4 heteroatoms. The second kappa shape index (κ2) is 13.4. The van der Waals surface area contributed by atoms with Gasteiger partial charge in [-0.1, -0.05) is 152 Å². The van der Waals surface area contributed by atoms with Gasteiger partial charge in [-0.15, -0.1) is 0 Å². The zero-order valence-corrected chi connectivity index (χ0v) is 34.7. The number of para-hydroxylation sites is 5. The van der Waals surface area contributed by atoms with Gasteiger partial charge in [0.1, 0.15) is 0 Å². The molecule has 4 heterocycles. The Labute approximate surface area is 368 Å². The van der Waals surface area contributed by atoms with E-state index in [1.165, 1.54) is 98.4 Å². The Morgan fingerprint density at radius 2 is 0.594 bits per heavy atom. The van der Waals surface area contributed by atoms with Gasteiger partial charge >= 0.3 is 0 Å². The Bertz CT molecular complexity index is 4160. The summed E-state index contributed by atoms with van der Waals surface area (Å²) in [5, 5.41) is 9.94. The normalized spacial score (nSPS) is 12.1. The SMILES string of the molecule is c1ccc(-c2cccc(-n3c4ccccc4c4ccc5c(c6ccccc6n5-c5ccc(-n6c7ccccc7c7ccc8c9ccccc9n(-c9ccccc9)c8c76)cc5)c43)c2)cc1. The van der Waals surface area contributed by atoms with Gasteiger partial charge in [0.05, 0.1) is 44.1 Å². The van der Waals surface area contributed by atoms with Crippen molar-refractivity contribution in [1.29, 1.82) is 0 Å². The smallest absolute Gasteiger partial charge is 0.0788 e. The Balaban J connectivity index is 1.01. The van der Waals surface area contributed by atoms with Crippen LogP contribution in [-0.2, 0) is 0 Å². The lowest BCUT2D eigenvalue weighted by Crippen LogP contribution is -1.99. The van der Waals surface area contributed by atoms with E-state index in [9.17, 15) is 0 Å². The molecule has 0 saturated heterocycles. The number of hydrogen-bond acceptors (Lipinski definition) is 0. The Morgan fingerprint density at radius 3 is 1.17 bits per heavy atom. The summed E-state index contributed by atoms with van der Waals surface area (Å²) in [6, 6.07) is 84.3. The largest absolute Gasteiger partial charge is 0.309 e. The van der Waals surface area contributed by atoms with Gasteiger partial charge in [-0.2, -0.15) is 0 Å². The fourth-order valence-electron chi connectivity index (χ4n) is 10.9. The average molecular weight is 815 g/mol. The van der Waals surface area contributed by atoms with Crippen LogP contribution in [-0.4, -0.2) is 18.3 Å². The first kappa shape index (κ1) is 35.0. The van der Waals surface area contributed by atoms with Crippen LogP contribution in [0.2, 0.25) is 0 Å². The number of nitrogens with zero attached hydrogens (tertiary/aromatic N) is 4. The number of rotatable bonds is 5. The number of benzene rings is 10. The van der Waals surface area contributed by atoms with Gasteiger partial charge < -0.3 is 18.3 Å². The Morgan fingerprint density at radius 1 is 0.203 bits per heavy atom. The van der Waals surface area contributed by atoms with Gasteiger partial charge in [-0.3, -0.25) is 0 Å². The zero-order valence-electron chi connectivity index (χ0n) is 34.7. The van der Waals surface area contributed by atoms with Crippen molar-refractivity contribution in [3.05, 3.63) is 231 Å². The number of fused-ring (bicyclic) bond motifs is 14. The molecule has 0 fully saturated rings. The molecule has 10 aromatic carbocycles. The molecule has 0 atom stereocenters. The summed E-state index contributed by atoms with van der Waals surface area (Å²) in [5.41, 5.74) is 16.5. The Kier molecular flexibility index (Phi) is 7.36. The molecule has 4 aromatic heterocycles. The molecule has 64 heavy (non-hydrogen) atoms. The highest BCUT2D eigenvalue weighted by molar-refractivity contribution is 6.27. The van der Waals surface area contributed by atoms with Crippen LogP contribution in [0, 0.1) is 0 Å². The molecule has 0 unspecified atom stereocenters. The lowest BCUT2D eigenvalue weighted by atomic mass is 10.0. The maximum atomic E-state index is 2.48. The van der Waals surface area contributed by atoms with Gasteiger partial charge in [0.2, 0.25) is 0 Å². The van der Waals surface area contributed by atoms with Crippen molar-refractivity contribution in [1.82, 2.24) is 18.3 Å². The highest BCUT2D eigenvalue weighted by Crippen LogP contribution is 2.44. The first-order chi connectivity index (χ1) is 31.8. The molecule has 0 N–H and O–H groups in total. The standard InChI is InChI=1S/C60H38N4/c1-3-16-39(17-4-1)40-18-15-21-44(38-40)64-54-28-13-7-22-45(54)48-36-37-56-57(58(48)64)51-25-10-14-29-55(51)61(56)42-30-32-43(33-31-42)63-53-27-12-9-24-47(53)50-35-34-49-46-23-8-11-26-52(46)62(59(49)60(50)63)41-19-5-2-6-20-41/h1-38H. The summed E-state index contributed by atoms with van der Waals surface area (Å²) in [6.07, 6.45) is 0. The third-order valence-electron chi connectivity index (χ3n) is 13.5. The van der Waals surface area contributed by atoms with Crippen LogP contribution in [0.4, 0.5) is 0 Å². The van der Waals surface area contributed by atoms with Crippen molar-refractivity contribution in [2.45, 2.75) is 0 Å². The van der Waals surface area contributed by atoms with Crippen molar-refractivity contribution in [2.24, 2.45) is 0 Å². The Hall–Kier alpha value is -8.60.